The van der Waals surface area contributed by atoms with Crippen LogP contribution in [0.5, 0.6) is 0 Å². The molecule has 0 saturated heterocycles. The fourth-order valence-corrected chi connectivity index (χ4v) is 2.04. The molecule has 0 N–H and O–H groups in total. The van der Waals surface area contributed by atoms with Crippen LogP contribution in [0.2, 0.25) is 0 Å². The molecular weight excluding hydrogens is 222 g/mol. The first-order valence-corrected chi connectivity index (χ1v) is 6.16. The highest BCUT2D eigenvalue weighted by Crippen LogP contribution is 2.27. The Morgan fingerprint density at radius 2 is 2.17 bits per heavy atom. The van der Waals surface area contributed by atoms with Crippen molar-refractivity contribution >= 4 is 5.69 Å². The summed E-state index contributed by atoms with van der Waals surface area (Å²) in [5.74, 6) is 6.14. The summed E-state index contributed by atoms with van der Waals surface area (Å²) in [6, 6.07) is 2.20. The lowest BCUT2D eigenvalue weighted by molar-refractivity contribution is 0.673. The number of pyridine rings is 1. The van der Waals surface area contributed by atoms with Crippen LogP contribution < -0.4 is 4.90 Å². The first kappa shape index (κ1) is 12.5. The van der Waals surface area contributed by atoms with Crippen molar-refractivity contribution < 1.29 is 0 Å². The smallest absolute Gasteiger partial charge is 0.112 e. The maximum absolute atomic E-state index is 8.98. The van der Waals surface area contributed by atoms with E-state index >= 15 is 0 Å². The van der Waals surface area contributed by atoms with E-state index in [-0.39, 0.29) is 0 Å². The fourth-order valence-electron chi connectivity index (χ4n) is 2.04. The number of nitrogens with zero attached hydrogens (tertiary/aromatic N) is 3. The van der Waals surface area contributed by atoms with E-state index in [9.17, 15) is 0 Å². The number of anilines is 1. The molecule has 3 nitrogen and oxygen atoms in total. The van der Waals surface area contributed by atoms with E-state index in [1.165, 1.54) is 11.3 Å². The summed E-state index contributed by atoms with van der Waals surface area (Å²) in [7, 11) is 2.08. The van der Waals surface area contributed by atoms with Gasteiger partial charge in [0, 0.05) is 25.4 Å². The molecule has 1 aromatic rings. The van der Waals surface area contributed by atoms with Crippen molar-refractivity contribution in [2.24, 2.45) is 5.41 Å². The highest BCUT2D eigenvalue weighted by Gasteiger charge is 2.17. The zero-order valence-electron chi connectivity index (χ0n) is 11.1. The minimum atomic E-state index is -0.608. The van der Waals surface area contributed by atoms with Gasteiger partial charge in [0.25, 0.3) is 0 Å². The van der Waals surface area contributed by atoms with Gasteiger partial charge in [0.1, 0.15) is 5.41 Å². The Morgan fingerprint density at radius 3 is 2.89 bits per heavy atom. The van der Waals surface area contributed by atoms with Gasteiger partial charge in [0.2, 0.25) is 0 Å². The first-order chi connectivity index (χ1) is 8.53. The van der Waals surface area contributed by atoms with Crippen molar-refractivity contribution in [2.45, 2.75) is 26.7 Å². The Morgan fingerprint density at radius 1 is 1.39 bits per heavy atom. The van der Waals surface area contributed by atoms with Crippen molar-refractivity contribution in [1.82, 2.24) is 4.98 Å². The molecule has 1 aromatic heterocycles. The average molecular weight is 239 g/mol. The zero-order chi connectivity index (χ0) is 13.2. The van der Waals surface area contributed by atoms with Crippen molar-refractivity contribution in [3.8, 4) is 17.9 Å². The lowest BCUT2D eigenvalue weighted by atomic mass is 9.94. The molecule has 92 valence electrons. The van der Waals surface area contributed by atoms with Gasteiger partial charge in [-0.2, -0.15) is 5.26 Å². The van der Waals surface area contributed by atoms with E-state index < -0.39 is 5.41 Å². The lowest BCUT2D eigenvalue weighted by Gasteiger charge is -2.27. The Bertz CT molecular complexity index is 555. The van der Waals surface area contributed by atoms with Crippen molar-refractivity contribution in [3.63, 3.8) is 0 Å². The second kappa shape index (κ2) is 4.70. The van der Waals surface area contributed by atoms with Crippen LogP contribution in [-0.2, 0) is 6.42 Å². The molecule has 0 atom stereocenters. The van der Waals surface area contributed by atoms with E-state index in [0.717, 1.165) is 24.9 Å². The maximum Gasteiger partial charge on any atom is 0.112 e. The summed E-state index contributed by atoms with van der Waals surface area (Å²) < 4.78 is 0. The third-order valence-corrected chi connectivity index (χ3v) is 3.16. The van der Waals surface area contributed by atoms with Crippen molar-refractivity contribution in [1.29, 1.82) is 5.26 Å². The van der Waals surface area contributed by atoms with Gasteiger partial charge in [-0.3, -0.25) is 4.98 Å². The van der Waals surface area contributed by atoms with Crippen LogP contribution in [0.15, 0.2) is 12.4 Å². The molecule has 18 heavy (non-hydrogen) atoms. The number of hydrogen-bond donors (Lipinski definition) is 0. The predicted molar refractivity (Wildman–Crippen MR) is 72.1 cm³/mol. The summed E-state index contributed by atoms with van der Waals surface area (Å²) in [6.07, 6.45) is 5.89. The molecule has 0 radical (unpaired) electrons. The Kier molecular flexibility index (Phi) is 3.26. The van der Waals surface area contributed by atoms with Crippen molar-refractivity contribution in [2.75, 3.05) is 18.5 Å². The van der Waals surface area contributed by atoms with Crippen molar-refractivity contribution in [3.05, 3.63) is 23.5 Å². The summed E-state index contributed by atoms with van der Waals surface area (Å²) in [4.78, 5) is 6.46. The van der Waals surface area contributed by atoms with E-state index in [1.807, 2.05) is 20.0 Å². The Balaban J connectivity index is 2.42. The minimum absolute atomic E-state index is 0.608. The van der Waals surface area contributed by atoms with Gasteiger partial charge in [-0.25, -0.2) is 0 Å². The summed E-state index contributed by atoms with van der Waals surface area (Å²) in [6.45, 7) is 4.72. The van der Waals surface area contributed by atoms with Crippen LogP contribution >= 0.6 is 0 Å². The van der Waals surface area contributed by atoms with Gasteiger partial charge in [-0.1, -0.05) is 11.8 Å². The molecule has 1 aliphatic rings. The van der Waals surface area contributed by atoms with Crippen LogP contribution in [0.25, 0.3) is 0 Å². The van der Waals surface area contributed by atoms with Crippen LogP contribution in [0, 0.1) is 28.6 Å². The highest BCUT2D eigenvalue weighted by atomic mass is 15.1. The SMILES string of the molecule is CN1CCCc2c(C#CC(C)(C)C#N)cncc21. The maximum atomic E-state index is 8.98. The number of fused-ring (bicyclic) bond motifs is 1. The second-order valence-electron chi connectivity index (χ2n) is 5.20. The first-order valence-electron chi connectivity index (χ1n) is 6.16. The molecule has 0 aliphatic carbocycles. The average Bonchev–Trinajstić information content (AvgIpc) is 2.37. The molecule has 0 unspecified atom stereocenters. The monoisotopic (exact) mass is 239 g/mol. The molecular formula is C15H17N3. The number of hydrogen-bond acceptors (Lipinski definition) is 3. The predicted octanol–water partition coefficient (Wildman–Crippen LogP) is 2.37. The quantitative estimate of drug-likeness (QED) is 0.652. The summed E-state index contributed by atoms with van der Waals surface area (Å²) in [5.41, 5.74) is 2.79. The molecule has 3 heteroatoms. The van der Waals surface area contributed by atoms with Crippen LogP contribution in [0.4, 0.5) is 5.69 Å². The van der Waals surface area contributed by atoms with Crippen LogP contribution in [0.3, 0.4) is 0 Å². The molecule has 1 aliphatic heterocycles. The molecule has 2 rings (SSSR count). The highest BCUT2D eigenvalue weighted by molar-refractivity contribution is 5.60. The Labute approximate surface area is 108 Å². The van der Waals surface area contributed by atoms with Crippen LogP contribution in [-0.4, -0.2) is 18.6 Å². The molecule has 2 heterocycles. The van der Waals surface area contributed by atoms with E-state index in [2.05, 4.69) is 34.8 Å². The van der Waals surface area contributed by atoms with E-state index in [0.29, 0.717) is 0 Å². The second-order valence-corrected chi connectivity index (χ2v) is 5.20. The van der Waals surface area contributed by atoms with Gasteiger partial charge < -0.3 is 4.90 Å². The van der Waals surface area contributed by atoms with Crippen LogP contribution in [0.1, 0.15) is 31.4 Å². The van der Waals surface area contributed by atoms with Gasteiger partial charge >= 0.3 is 0 Å². The molecule has 0 bridgehead atoms. The number of aromatic nitrogens is 1. The number of nitriles is 1. The molecule has 0 saturated carbocycles. The zero-order valence-corrected chi connectivity index (χ0v) is 11.1. The molecule has 0 spiro atoms. The van der Waals surface area contributed by atoms with E-state index in [4.69, 9.17) is 5.26 Å². The van der Waals surface area contributed by atoms with Gasteiger partial charge in [0.15, 0.2) is 0 Å². The van der Waals surface area contributed by atoms with Gasteiger partial charge in [-0.05, 0) is 32.3 Å². The fraction of sp³-hybridized carbons (Fsp3) is 0.467. The minimum Gasteiger partial charge on any atom is -0.373 e. The topological polar surface area (TPSA) is 39.9 Å². The third kappa shape index (κ3) is 2.46. The standard InChI is InChI=1S/C15H17N3/c1-15(2,11-16)7-6-12-9-17-10-14-13(12)5-4-8-18(14)3/h9-10H,4-5,8H2,1-3H3. The third-order valence-electron chi connectivity index (χ3n) is 3.16. The molecule has 0 amide bonds. The van der Waals surface area contributed by atoms with Gasteiger partial charge in [0.05, 0.1) is 18.0 Å². The molecule has 0 aromatic carbocycles. The Hall–Kier alpha value is -2.00. The molecule has 0 fully saturated rings. The summed E-state index contributed by atoms with van der Waals surface area (Å²) in [5, 5.41) is 8.98. The number of rotatable bonds is 0. The normalized spacial score (nSPS) is 14.2. The largest absolute Gasteiger partial charge is 0.373 e. The van der Waals surface area contributed by atoms with Gasteiger partial charge in [-0.15, -0.1) is 0 Å². The lowest BCUT2D eigenvalue weighted by Crippen LogP contribution is -2.25. The van der Waals surface area contributed by atoms with E-state index in [1.54, 1.807) is 6.20 Å². The summed E-state index contributed by atoms with van der Waals surface area (Å²) >= 11 is 0.